The van der Waals surface area contributed by atoms with Crippen molar-refractivity contribution in [3.05, 3.63) is 164 Å². The third-order valence-corrected chi connectivity index (χ3v) is 11.6. The van der Waals surface area contributed by atoms with Crippen LogP contribution in [0.2, 0.25) is 0 Å². The van der Waals surface area contributed by atoms with Gasteiger partial charge in [-0.1, -0.05) is 121 Å². The van der Waals surface area contributed by atoms with Crippen LogP contribution in [0.1, 0.15) is 0 Å². The second-order valence-electron chi connectivity index (χ2n) is 14.5. The van der Waals surface area contributed by atoms with Gasteiger partial charge in [0.15, 0.2) is 0 Å². The fourth-order valence-electron chi connectivity index (χ4n) is 9.20. The maximum Gasteiger partial charge on any atom is 0.238 e. The molecule has 0 aliphatic carbocycles. The molecule has 0 aliphatic rings. The summed E-state index contributed by atoms with van der Waals surface area (Å²) >= 11 is 0. The normalized spacial score (nSPS) is 12.4. The number of rotatable bonds is 2. The Morgan fingerprint density at radius 2 is 0.945 bits per heavy atom. The molecular formula is C50H27N3O2. The van der Waals surface area contributed by atoms with Crippen molar-refractivity contribution >= 4 is 109 Å². The number of aromatic nitrogens is 3. The van der Waals surface area contributed by atoms with Crippen molar-refractivity contribution in [3.8, 4) is 17.2 Å². The summed E-state index contributed by atoms with van der Waals surface area (Å²) in [6, 6.07) is 57.9. The fraction of sp³-hybridized carbons (Fsp3) is 0. The maximum atomic E-state index is 6.57. The molecule has 0 spiro atoms. The van der Waals surface area contributed by atoms with E-state index in [1.165, 1.54) is 43.1 Å². The summed E-state index contributed by atoms with van der Waals surface area (Å²) in [7, 11) is 0. The molecule has 0 unspecified atom stereocenters. The van der Waals surface area contributed by atoms with E-state index in [1.807, 2.05) is 36.4 Å². The lowest BCUT2D eigenvalue weighted by Gasteiger charge is -2.12. The molecule has 0 fully saturated rings. The summed E-state index contributed by atoms with van der Waals surface area (Å²) in [4.78, 5) is 10.8. The summed E-state index contributed by atoms with van der Waals surface area (Å²) in [5.41, 5.74) is 6.78. The second-order valence-corrected chi connectivity index (χ2v) is 14.5. The standard InChI is InChI=1S/C50H27N3O2/c1-2-12-29-26-41-39(25-28(29)11-1)46-40(24-23-37-33-15-4-3-13-31(33)32-14-5-6-17-36(32)45(37)46)53(41)50-51-48(47-38-18-8-10-20-43(38)55-49(47)52-50)30-21-22-35-34-16-7-9-19-42(34)54-44(35)27-30/h1-27H. The van der Waals surface area contributed by atoms with Crippen LogP contribution in [-0.2, 0) is 0 Å². The fourth-order valence-corrected chi connectivity index (χ4v) is 9.20. The molecule has 5 nitrogen and oxygen atoms in total. The lowest BCUT2D eigenvalue weighted by molar-refractivity contribution is 0.651. The minimum absolute atomic E-state index is 0.541. The Kier molecular flexibility index (Phi) is 5.57. The average molecular weight is 702 g/mol. The third-order valence-electron chi connectivity index (χ3n) is 11.6. The monoisotopic (exact) mass is 701 g/mol. The van der Waals surface area contributed by atoms with E-state index in [0.29, 0.717) is 11.7 Å². The highest BCUT2D eigenvalue weighted by atomic mass is 16.3. The molecule has 9 aromatic carbocycles. The predicted molar refractivity (Wildman–Crippen MR) is 226 cm³/mol. The smallest absolute Gasteiger partial charge is 0.238 e. The Morgan fingerprint density at radius 3 is 1.73 bits per heavy atom. The van der Waals surface area contributed by atoms with E-state index < -0.39 is 0 Å². The first-order chi connectivity index (χ1) is 27.3. The van der Waals surface area contributed by atoms with E-state index in [0.717, 1.165) is 71.4 Å². The van der Waals surface area contributed by atoms with E-state index in [1.54, 1.807) is 0 Å². The van der Waals surface area contributed by atoms with Gasteiger partial charge < -0.3 is 8.83 Å². The second kappa shape index (κ2) is 10.6. The first kappa shape index (κ1) is 29.0. The third kappa shape index (κ3) is 3.91. The van der Waals surface area contributed by atoms with Crippen LogP contribution in [0.3, 0.4) is 0 Å². The van der Waals surface area contributed by atoms with Gasteiger partial charge in [0.05, 0.1) is 22.1 Å². The van der Waals surface area contributed by atoms with Gasteiger partial charge in [-0.05, 0) is 80.2 Å². The van der Waals surface area contributed by atoms with Gasteiger partial charge >= 0.3 is 0 Å². The van der Waals surface area contributed by atoms with Gasteiger partial charge in [-0.2, -0.15) is 4.98 Å². The Hall–Kier alpha value is -7.50. The first-order valence-corrected chi connectivity index (χ1v) is 18.6. The molecule has 0 aliphatic heterocycles. The highest BCUT2D eigenvalue weighted by Crippen LogP contribution is 2.45. The van der Waals surface area contributed by atoms with Crippen molar-refractivity contribution in [2.75, 3.05) is 0 Å². The maximum absolute atomic E-state index is 6.57. The number of furan rings is 2. The molecule has 55 heavy (non-hydrogen) atoms. The van der Waals surface area contributed by atoms with Gasteiger partial charge in [-0.25, -0.2) is 4.98 Å². The number of para-hydroxylation sites is 2. The molecule has 5 heteroatoms. The van der Waals surface area contributed by atoms with Gasteiger partial charge in [-0.15, -0.1) is 0 Å². The number of hydrogen-bond donors (Lipinski definition) is 0. The Morgan fingerprint density at radius 1 is 0.364 bits per heavy atom. The molecule has 0 saturated heterocycles. The van der Waals surface area contributed by atoms with Gasteiger partial charge in [-0.3, -0.25) is 4.57 Å². The van der Waals surface area contributed by atoms with Crippen molar-refractivity contribution in [1.29, 1.82) is 0 Å². The van der Waals surface area contributed by atoms with E-state index in [2.05, 4.69) is 132 Å². The lowest BCUT2D eigenvalue weighted by Crippen LogP contribution is -2.03. The zero-order valence-corrected chi connectivity index (χ0v) is 29.2. The van der Waals surface area contributed by atoms with Crippen LogP contribution in [0.15, 0.2) is 173 Å². The molecule has 0 amide bonds. The van der Waals surface area contributed by atoms with Crippen LogP contribution in [-0.4, -0.2) is 14.5 Å². The van der Waals surface area contributed by atoms with Crippen LogP contribution in [0.5, 0.6) is 0 Å². The number of benzene rings is 9. The average Bonchev–Trinajstić information content (AvgIpc) is 3.91. The van der Waals surface area contributed by atoms with Crippen molar-refractivity contribution in [1.82, 2.24) is 14.5 Å². The Labute approximate surface area is 312 Å². The Balaban J connectivity index is 1.20. The summed E-state index contributed by atoms with van der Waals surface area (Å²) < 4.78 is 15.2. The molecule has 254 valence electrons. The summed E-state index contributed by atoms with van der Waals surface area (Å²) in [6.07, 6.45) is 0. The lowest BCUT2D eigenvalue weighted by atomic mass is 9.91. The van der Waals surface area contributed by atoms with Gasteiger partial charge in [0, 0.05) is 37.9 Å². The van der Waals surface area contributed by atoms with Crippen molar-refractivity contribution in [3.63, 3.8) is 0 Å². The SMILES string of the molecule is c1ccc2cc3c(cc2c1)c1c2c4ccccc4c4ccccc4c2ccc1n3-c1nc(-c2ccc3c(c2)oc2ccccc23)c2c(n1)oc1ccccc12. The number of fused-ring (bicyclic) bond motifs is 17. The minimum Gasteiger partial charge on any atom is -0.456 e. The molecule has 0 atom stereocenters. The van der Waals surface area contributed by atoms with E-state index in [4.69, 9.17) is 18.8 Å². The zero-order valence-electron chi connectivity index (χ0n) is 29.2. The summed E-state index contributed by atoms with van der Waals surface area (Å²) in [5.74, 6) is 0.547. The number of hydrogen-bond acceptors (Lipinski definition) is 4. The molecule has 0 radical (unpaired) electrons. The molecular weight excluding hydrogens is 675 g/mol. The summed E-state index contributed by atoms with van der Waals surface area (Å²) in [5, 5.41) is 16.1. The summed E-state index contributed by atoms with van der Waals surface area (Å²) in [6.45, 7) is 0. The largest absolute Gasteiger partial charge is 0.456 e. The molecule has 4 aromatic heterocycles. The molecule has 4 heterocycles. The highest BCUT2D eigenvalue weighted by molar-refractivity contribution is 6.35. The molecule has 0 N–H and O–H groups in total. The zero-order chi connectivity index (χ0) is 35.8. The van der Waals surface area contributed by atoms with Crippen LogP contribution in [0.4, 0.5) is 0 Å². The predicted octanol–water partition coefficient (Wildman–Crippen LogP) is 13.7. The van der Waals surface area contributed by atoms with Crippen LogP contribution in [0, 0.1) is 0 Å². The molecule has 13 rings (SSSR count). The Bertz CT molecular complexity index is 3760. The van der Waals surface area contributed by atoms with Crippen molar-refractivity contribution < 1.29 is 8.83 Å². The van der Waals surface area contributed by atoms with E-state index in [-0.39, 0.29) is 0 Å². The first-order valence-electron chi connectivity index (χ1n) is 18.6. The van der Waals surface area contributed by atoms with Gasteiger partial charge in [0.2, 0.25) is 11.7 Å². The minimum atomic E-state index is 0.541. The van der Waals surface area contributed by atoms with E-state index >= 15 is 0 Å². The van der Waals surface area contributed by atoms with Crippen molar-refractivity contribution in [2.45, 2.75) is 0 Å². The highest BCUT2D eigenvalue weighted by Gasteiger charge is 2.24. The molecule has 13 aromatic rings. The van der Waals surface area contributed by atoms with Crippen LogP contribution < -0.4 is 0 Å². The van der Waals surface area contributed by atoms with E-state index in [9.17, 15) is 0 Å². The van der Waals surface area contributed by atoms with Gasteiger partial charge in [0.1, 0.15) is 16.7 Å². The van der Waals surface area contributed by atoms with Crippen molar-refractivity contribution in [2.24, 2.45) is 0 Å². The van der Waals surface area contributed by atoms with Crippen LogP contribution in [0.25, 0.3) is 126 Å². The quantitative estimate of drug-likeness (QED) is 0.168. The number of nitrogens with zero attached hydrogens (tertiary/aromatic N) is 3. The molecule has 0 bridgehead atoms. The van der Waals surface area contributed by atoms with Gasteiger partial charge in [0.25, 0.3) is 0 Å². The molecule has 0 saturated carbocycles. The van der Waals surface area contributed by atoms with Crippen LogP contribution >= 0.6 is 0 Å². The topological polar surface area (TPSA) is 57.0 Å².